The van der Waals surface area contributed by atoms with Gasteiger partial charge in [0.25, 0.3) is 0 Å². The van der Waals surface area contributed by atoms with Crippen LogP contribution in [0, 0.1) is 11.8 Å². The summed E-state index contributed by atoms with van der Waals surface area (Å²) in [5.74, 6) is 5.20. The Labute approximate surface area is 74.6 Å². The summed E-state index contributed by atoms with van der Waals surface area (Å²) in [6, 6.07) is 0. The van der Waals surface area contributed by atoms with Crippen LogP contribution < -0.4 is 0 Å². The Morgan fingerprint density at radius 3 is 2.50 bits per heavy atom. The first-order chi connectivity index (χ1) is 5.48. The van der Waals surface area contributed by atoms with Gasteiger partial charge in [0.05, 0.1) is 0 Å². The fourth-order valence-corrected chi connectivity index (χ4v) is 0.843. The van der Waals surface area contributed by atoms with E-state index in [2.05, 4.69) is 18.8 Å². The van der Waals surface area contributed by atoms with Crippen molar-refractivity contribution in [3.8, 4) is 11.8 Å². The van der Waals surface area contributed by atoms with E-state index in [1.54, 1.807) is 13.8 Å². The predicted octanol–water partition coefficient (Wildman–Crippen LogP) is 1.31. The molecule has 0 aliphatic heterocycles. The first kappa shape index (κ1) is 11.5. The van der Waals surface area contributed by atoms with Crippen molar-refractivity contribution in [1.29, 1.82) is 0 Å². The van der Waals surface area contributed by atoms with Crippen molar-refractivity contribution in [3.63, 3.8) is 0 Å². The molecule has 0 spiro atoms. The zero-order valence-corrected chi connectivity index (χ0v) is 8.09. The van der Waals surface area contributed by atoms with E-state index in [1.807, 2.05) is 0 Å². The minimum atomic E-state index is -0.938. The topological polar surface area (TPSA) is 40.5 Å². The molecule has 0 bridgehead atoms. The molecule has 0 saturated heterocycles. The minimum absolute atomic E-state index is 0.655. The van der Waals surface area contributed by atoms with Crippen LogP contribution in [0.25, 0.3) is 0 Å². The molecule has 2 atom stereocenters. The Morgan fingerprint density at radius 2 is 2.08 bits per heavy atom. The van der Waals surface area contributed by atoms with Crippen molar-refractivity contribution in [1.82, 2.24) is 0 Å². The zero-order chi connectivity index (χ0) is 9.61. The molecule has 0 aliphatic carbocycles. The molecule has 0 fully saturated rings. The van der Waals surface area contributed by atoms with Crippen LogP contribution in [0.1, 0.15) is 40.0 Å². The van der Waals surface area contributed by atoms with Gasteiger partial charge in [0.15, 0.2) is 0 Å². The summed E-state index contributed by atoms with van der Waals surface area (Å²) in [6.07, 6.45) is 2.02. The lowest BCUT2D eigenvalue weighted by atomic mass is 10.00. The highest BCUT2D eigenvalue weighted by Gasteiger charge is 2.15. The number of aliphatic hydroxyl groups excluding tert-OH is 1. The molecule has 2 N–H and O–H groups in total. The van der Waals surface area contributed by atoms with E-state index in [0.29, 0.717) is 6.42 Å². The Hall–Kier alpha value is -0.520. The molecule has 0 aliphatic rings. The van der Waals surface area contributed by atoms with Gasteiger partial charge in [-0.25, -0.2) is 0 Å². The zero-order valence-electron chi connectivity index (χ0n) is 8.09. The highest BCUT2D eigenvalue weighted by Crippen LogP contribution is 2.11. The van der Waals surface area contributed by atoms with Crippen LogP contribution in [0.2, 0.25) is 0 Å². The average Bonchev–Trinajstić information content (AvgIpc) is 1.98. The maximum absolute atomic E-state index is 9.61. The summed E-state index contributed by atoms with van der Waals surface area (Å²) < 4.78 is 0. The van der Waals surface area contributed by atoms with Crippen molar-refractivity contribution in [2.45, 2.75) is 51.7 Å². The lowest BCUT2D eigenvalue weighted by Gasteiger charge is -2.15. The van der Waals surface area contributed by atoms with E-state index in [1.165, 1.54) is 0 Å². The highest BCUT2D eigenvalue weighted by molar-refractivity contribution is 5.13. The normalized spacial score (nSPS) is 17.4. The Balaban J connectivity index is 3.96. The summed E-state index contributed by atoms with van der Waals surface area (Å²) in [4.78, 5) is 0. The van der Waals surface area contributed by atoms with E-state index in [9.17, 15) is 5.11 Å². The van der Waals surface area contributed by atoms with Gasteiger partial charge in [-0.1, -0.05) is 25.2 Å². The van der Waals surface area contributed by atoms with Gasteiger partial charge in [-0.15, -0.1) is 0 Å². The largest absolute Gasteiger partial charge is 0.381 e. The molecule has 0 aromatic rings. The molecule has 0 aromatic carbocycles. The van der Waals surface area contributed by atoms with Gasteiger partial charge in [-0.2, -0.15) is 0 Å². The van der Waals surface area contributed by atoms with Crippen molar-refractivity contribution in [3.05, 3.63) is 0 Å². The van der Waals surface area contributed by atoms with Crippen LogP contribution in [0.3, 0.4) is 0 Å². The molecule has 0 radical (unpaired) electrons. The molecule has 70 valence electrons. The molecule has 0 rings (SSSR count). The molecule has 12 heavy (non-hydrogen) atoms. The van der Waals surface area contributed by atoms with Crippen molar-refractivity contribution < 1.29 is 10.2 Å². The van der Waals surface area contributed by atoms with Crippen molar-refractivity contribution >= 4 is 0 Å². The maximum Gasteiger partial charge on any atom is 0.122 e. The first-order valence-electron chi connectivity index (χ1n) is 4.41. The van der Waals surface area contributed by atoms with E-state index < -0.39 is 11.7 Å². The minimum Gasteiger partial charge on any atom is -0.381 e. The SMILES string of the molecule is CCCCC(C)(O)C#CC(C)O. The summed E-state index contributed by atoms with van der Waals surface area (Å²) in [5.41, 5.74) is -0.938. The molecule has 2 heteroatoms. The molecule has 0 saturated carbocycles. The lowest BCUT2D eigenvalue weighted by Crippen LogP contribution is -2.21. The number of aliphatic hydroxyl groups is 2. The van der Waals surface area contributed by atoms with Gasteiger partial charge in [0.1, 0.15) is 11.7 Å². The third kappa shape index (κ3) is 6.21. The molecule has 0 heterocycles. The van der Waals surface area contributed by atoms with Gasteiger partial charge in [-0.3, -0.25) is 0 Å². The second-order valence-electron chi connectivity index (χ2n) is 3.32. The Bertz CT molecular complexity index is 172. The third-order valence-corrected chi connectivity index (χ3v) is 1.57. The molecule has 2 nitrogen and oxygen atoms in total. The molecular weight excluding hydrogens is 152 g/mol. The maximum atomic E-state index is 9.61. The van der Waals surface area contributed by atoms with E-state index >= 15 is 0 Å². The van der Waals surface area contributed by atoms with Crippen LogP contribution in [-0.2, 0) is 0 Å². The lowest BCUT2D eigenvalue weighted by molar-refractivity contribution is 0.109. The first-order valence-corrected chi connectivity index (χ1v) is 4.41. The van der Waals surface area contributed by atoms with Crippen molar-refractivity contribution in [2.75, 3.05) is 0 Å². The smallest absolute Gasteiger partial charge is 0.122 e. The number of hydrogen-bond acceptors (Lipinski definition) is 2. The fourth-order valence-electron chi connectivity index (χ4n) is 0.843. The van der Waals surface area contributed by atoms with E-state index in [0.717, 1.165) is 12.8 Å². The molecular formula is C10H18O2. The van der Waals surface area contributed by atoms with Crippen LogP contribution in [0.5, 0.6) is 0 Å². The third-order valence-electron chi connectivity index (χ3n) is 1.57. The summed E-state index contributed by atoms with van der Waals surface area (Å²) in [5, 5.41) is 18.5. The van der Waals surface area contributed by atoms with Gasteiger partial charge in [0.2, 0.25) is 0 Å². The molecule has 0 amide bonds. The predicted molar refractivity (Wildman–Crippen MR) is 49.6 cm³/mol. The van der Waals surface area contributed by atoms with Crippen LogP contribution in [0.15, 0.2) is 0 Å². The highest BCUT2D eigenvalue weighted by atomic mass is 16.3. The average molecular weight is 170 g/mol. The quantitative estimate of drug-likeness (QED) is 0.627. The fraction of sp³-hybridized carbons (Fsp3) is 0.800. The molecule has 0 aromatic heterocycles. The van der Waals surface area contributed by atoms with Gasteiger partial charge in [0, 0.05) is 0 Å². The summed E-state index contributed by atoms with van der Waals surface area (Å²) in [6.45, 7) is 5.33. The molecule has 2 unspecified atom stereocenters. The Kier molecular flexibility index (Phi) is 4.96. The second kappa shape index (κ2) is 5.18. The second-order valence-corrected chi connectivity index (χ2v) is 3.32. The van der Waals surface area contributed by atoms with Gasteiger partial charge < -0.3 is 10.2 Å². The van der Waals surface area contributed by atoms with Gasteiger partial charge in [-0.05, 0) is 26.7 Å². The van der Waals surface area contributed by atoms with Crippen LogP contribution >= 0.6 is 0 Å². The van der Waals surface area contributed by atoms with Gasteiger partial charge >= 0.3 is 0 Å². The summed E-state index contributed by atoms with van der Waals surface area (Å²) in [7, 11) is 0. The van der Waals surface area contributed by atoms with Crippen LogP contribution in [-0.4, -0.2) is 21.9 Å². The van der Waals surface area contributed by atoms with E-state index in [4.69, 9.17) is 5.11 Å². The van der Waals surface area contributed by atoms with Crippen LogP contribution in [0.4, 0.5) is 0 Å². The number of rotatable bonds is 3. The number of unbranched alkanes of at least 4 members (excludes halogenated alkanes) is 1. The Morgan fingerprint density at radius 1 is 1.50 bits per heavy atom. The monoisotopic (exact) mass is 170 g/mol. The van der Waals surface area contributed by atoms with E-state index in [-0.39, 0.29) is 0 Å². The summed E-state index contributed by atoms with van der Waals surface area (Å²) >= 11 is 0. The number of hydrogen-bond donors (Lipinski definition) is 2. The standard InChI is InChI=1S/C10H18O2/c1-4-5-7-10(3,12)8-6-9(2)11/h9,11-12H,4-5,7H2,1-3H3. The van der Waals surface area contributed by atoms with Crippen molar-refractivity contribution in [2.24, 2.45) is 0 Å².